The van der Waals surface area contributed by atoms with E-state index < -0.39 is 0 Å². The molecular weight excluding hydrogens is 164 g/mol. The number of nitrogens with zero attached hydrogens (tertiary/aromatic N) is 1. The second-order valence-electron chi connectivity index (χ2n) is 3.85. The van der Waals surface area contributed by atoms with Gasteiger partial charge in [0.2, 0.25) is 5.91 Å². The van der Waals surface area contributed by atoms with Crippen LogP contribution in [0.25, 0.3) is 0 Å². The van der Waals surface area contributed by atoms with Crippen LogP contribution in [-0.4, -0.2) is 30.4 Å². The lowest BCUT2D eigenvalue weighted by molar-refractivity contribution is -0.130. The van der Waals surface area contributed by atoms with Crippen molar-refractivity contribution in [1.82, 2.24) is 4.90 Å². The van der Waals surface area contributed by atoms with Crippen molar-refractivity contribution in [2.24, 2.45) is 5.73 Å². The molecule has 0 aromatic rings. The first-order valence-electron chi connectivity index (χ1n) is 4.57. The van der Waals surface area contributed by atoms with Crippen LogP contribution in [0, 0.1) is 0 Å². The minimum atomic E-state index is -0.349. The minimum absolute atomic E-state index is 0. The van der Waals surface area contributed by atoms with E-state index in [2.05, 4.69) is 0 Å². The number of rotatable bonds is 2. The molecule has 0 heterocycles. The molecule has 1 rings (SSSR count). The fourth-order valence-corrected chi connectivity index (χ4v) is 2.05. The first-order valence-corrected chi connectivity index (χ1v) is 4.57. The van der Waals surface area contributed by atoms with E-state index in [1.807, 2.05) is 19.0 Å². The van der Waals surface area contributed by atoms with Crippen LogP contribution in [0.5, 0.6) is 0 Å². The van der Waals surface area contributed by atoms with Crippen molar-refractivity contribution in [3.63, 3.8) is 0 Å². The van der Waals surface area contributed by atoms with Crippen molar-refractivity contribution < 1.29 is 4.79 Å². The second kappa shape index (κ2) is 4.61. The lowest BCUT2D eigenvalue weighted by atomic mass is 9.80. The van der Waals surface area contributed by atoms with E-state index in [-0.39, 0.29) is 18.9 Å². The topological polar surface area (TPSA) is 46.3 Å². The Morgan fingerprint density at radius 3 is 1.92 bits per heavy atom. The van der Waals surface area contributed by atoms with Crippen molar-refractivity contribution >= 4 is 5.91 Å². The highest BCUT2D eigenvalue weighted by Gasteiger charge is 2.39. The average molecular weight is 186 g/mol. The summed E-state index contributed by atoms with van der Waals surface area (Å²) in [5.41, 5.74) is 5.07. The zero-order chi connectivity index (χ0) is 9.19. The molecule has 0 aromatic carbocycles. The van der Waals surface area contributed by atoms with Gasteiger partial charge < -0.3 is 5.73 Å². The summed E-state index contributed by atoms with van der Waals surface area (Å²) in [7, 11) is 3.88. The monoisotopic (exact) mass is 186 g/mol. The molecule has 1 aliphatic rings. The zero-order valence-electron chi connectivity index (χ0n) is 7.97. The van der Waals surface area contributed by atoms with E-state index in [0.29, 0.717) is 0 Å². The molecule has 3 nitrogen and oxygen atoms in total. The second-order valence-corrected chi connectivity index (χ2v) is 3.85. The number of primary amides is 1. The molecule has 0 radical (unpaired) electrons. The Labute approximate surface area is 81.3 Å². The van der Waals surface area contributed by atoms with Gasteiger partial charge in [-0.25, -0.2) is 0 Å². The minimum Gasteiger partial charge on any atom is -0.368 e. The Morgan fingerprint density at radius 2 is 1.69 bits per heavy atom. The van der Waals surface area contributed by atoms with Crippen LogP contribution in [0.2, 0.25) is 0 Å². The molecule has 0 bridgehead atoms. The summed E-state index contributed by atoms with van der Waals surface area (Å²) in [5, 5.41) is 0. The summed E-state index contributed by atoms with van der Waals surface area (Å²) < 4.78 is 0. The third kappa shape index (κ3) is 2.21. The first kappa shape index (κ1) is 12.4. The van der Waals surface area contributed by atoms with Crippen LogP contribution >= 0.6 is 0 Å². The quantitative estimate of drug-likeness (QED) is 0.708. The van der Waals surface area contributed by atoms with Crippen LogP contribution < -0.4 is 5.73 Å². The third-order valence-electron chi connectivity index (χ3n) is 3.00. The molecule has 0 spiro atoms. The Hall–Kier alpha value is -0.570. The molecule has 0 aromatic heterocycles. The van der Waals surface area contributed by atoms with Gasteiger partial charge in [0.15, 0.2) is 0 Å². The summed E-state index contributed by atoms with van der Waals surface area (Å²) in [6, 6.07) is 0. The fraction of sp³-hybridized carbons (Fsp3) is 0.900. The maximum Gasteiger partial charge on any atom is 0.237 e. The molecule has 2 N–H and O–H groups in total. The van der Waals surface area contributed by atoms with Gasteiger partial charge in [-0.15, -0.1) is 0 Å². The molecule has 1 amide bonds. The van der Waals surface area contributed by atoms with Gasteiger partial charge in [0.1, 0.15) is 0 Å². The summed E-state index contributed by atoms with van der Waals surface area (Å²) in [5.74, 6) is -0.160. The van der Waals surface area contributed by atoms with E-state index in [1.165, 1.54) is 6.42 Å². The molecule has 13 heavy (non-hydrogen) atoms. The standard InChI is InChI=1S/C9H18N2O.CH4/c1-11(2)9(8(10)12)6-4-3-5-7-9;/h3-7H2,1-2H3,(H2,10,12);1H4. The summed E-state index contributed by atoms with van der Waals surface area (Å²) >= 11 is 0. The van der Waals surface area contributed by atoms with Gasteiger partial charge in [-0.1, -0.05) is 26.7 Å². The van der Waals surface area contributed by atoms with Gasteiger partial charge in [0.05, 0.1) is 5.54 Å². The highest BCUT2D eigenvalue weighted by atomic mass is 16.1. The number of carbonyl (C=O) groups is 1. The highest BCUT2D eigenvalue weighted by molar-refractivity contribution is 5.84. The van der Waals surface area contributed by atoms with Crippen molar-refractivity contribution in [2.75, 3.05) is 14.1 Å². The number of nitrogens with two attached hydrogens (primary N) is 1. The number of hydrogen-bond acceptors (Lipinski definition) is 2. The molecule has 1 fully saturated rings. The van der Waals surface area contributed by atoms with E-state index >= 15 is 0 Å². The average Bonchev–Trinajstić information content (AvgIpc) is 2.05. The Bertz CT molecular complexity index is 172. The normalized spacial score (nSPS) is 20.8. The van der Waals surface area contributed by atoms with Crippen LogP contribution in [-0.2, 0) is 4.79 Å². The fourth-order valence-electron chi connectivity index (χ4n) is 2.05. The molecule has 0 aliphatic heterocycles. The maximum atomic E-state index is 11.3. The summed E-state index contributed by atoms with van der Waals surface area (Å²) in [6.07, 6.45) is 5.34. The van der Waals surface area contributed by atoms with Crippen LogP contribution in [0.1, 0.15) is 39.5 Å². The lowest BCUT2D eigenvalue weighted by Gasteiger charge is -2.39. The molecule has 1 saturated carbocycles. The van der Waals surface area contributed by atoms with Crippen LogP contribution in [0.4, 0.5) is 0 Å². The highest BCUT2D eigenvalue weighted by Crippen LogP contribution is 2.31. The van der Waals surface area contributed by atoms with Gasteiger partial charge >= 0.3 is 0 Å². The lowest BCUT2D eigenvalue weighted by Crippen LogP contribution is -2.55. The molecule has 78 valence electrons. The van der Waals surface area contributed by atoms with E-state index in [0.717, 1.165) is 25.7 Å². The smallest absolute Gasteiger partial charge is 0.237 e. The third-order valence-corrected chi connectivity index (χ3v) is 3.00. The molecular formula is C10H22N2O. The van der Waals surface area contributed by atoms with Crippen LogP contribution in [0.3, 0.4) is 0 Å². The Morgan fingerprint density at radius 1 is 1.23 bits per heavy atom. The molecule has 3 heteroatoms. The van der Waals surface area contributed by atoms with Gasteiger partial charge in [-0.2, -0.15) is 0 Å². The zero-order valence-corrected chi connectivity index (χ0v) is 7.97. The van der Waals surface area contributed by atoms with Gasteiger partial charge in [0.25, 0.3) is 0 Å². The predicted molar refractivity (Wildman–Crippen MR) is 55.4 cm³/mol. The van der Waals surface area contributed by atoms with Gasteiger partial charge in [-0.3, -0.25) is 9.69 Å². The molecule has 0 atom stereocenters. The van der Waals surface area contributed by atoms with Crippen LogP contribution in [0.15, 0.2) is 0 Å². The van der Waals surface area contributed by atoms with Gasteiger partial charge in [-0.05, 0) is 26.9 Å². The van der Waals surface area contributed by atoms with E-state index in [1.54, 1.807) is 0 Å². The molecule has 1 aliphatic carbocycles. The Kier molecular flexibility index (Phi) is 4.40. The van der Waals surface area contributed by atoms with Crippen molar-refractivity contribution in [3.05, 3.63) is 0 Å². The molecule has 0 unspecified atom stereocenters. The largest absolute Gasteiger partial charge is 0.368 e. The summed E-state index contributed by atoms with van der Waals surface area (Å²) in [4.78, 5) is 13.3. The predicted octanol–water partition coefficient (Wildman–Crippen LogP) is 1.37. The number of likely N-dealkylation sites (N-methyl/N-ethyl adjacent to an activating group) is 1. The van der Waals surface area contributed by atoms with Gasteiger partial charge in [0, 0.05) is 0 Å². The van der Waals surface area contributed by atoms with E-state index in [4.69, 9.17) is 5.73 Å². The van der Waals surface area contributed by atoms with Crippen molar-refractivity contribution in [1.29, 1.82) is 0 Å². The van der Waals surface area contributed by atoms with Crippen molar-refractivity contribution in [2.45, 2.75) is 45.1 Å². The van der Waals surface area contributed by atoms with E-state index in [9.17, 15) is 4.79 Å². The van der Waals surface area contributed by atoms with Crippen molar-refractivity contribution in [3.8, 4) is 0 Å². The SMILES string of the molecule is C.CN(C)C1(C(N)=O)CCCCC1. The number of hydrogen-bond donors (Lipinski definition) is 1. The number of amides is 1. The summed E-state index contributed by atoms with van der Waals surface area (Å²) in [6.45, 7) is 0. The Balaban J connectivity index is 0.00000144. The first-order chi connectivity index (χ1) is 5.59. The maximum absolute atomic E-state index is 11.3. The molecule has 0 saturated heterocycles. The number of carbonyl (C=O) groups excluding carboxylic acids is 1.